The summed E-state index contributed by atoms with van der Waals surface area (Å²) in [4.78, 5) is 38.3. The third kappa shape index (κ3) is 5.84. The predicted octanol–water partition coefficient (Wildman–Crippen LogP) is 4.61. The lowest BCUT2D eigenvalue weighted by Crippen LogP contribution is -2.40. The average molecular weight is 439 g/mol. The summed E-state index contributed by atoms with van der Waals surface area (Å²) in [6.07, 6.45) is 2.02. The van der Waals surface area contributed by atoms with Crippen molar-refractivity contribution in [3.63, 3.8) is 0 Å². The van der Waals surface area contributed by atoms with Gasteiger partial charge in [0.15, 0.2) is 0 Å². The highest BCUT2D eigenvalue weighted by molar-refractivity contribution is 6.08. The monoisotopic (exact) mass is 438 g/mol. The number of nitrogens with one attached hydrogen (secondary N) is 2. The van der Waals surface area contributed by atoms with E-state index >= 15 is 0 Å². The summed E-state index contributed by atoms with van der Waals surface area (Å²) in [5.74, 6) is 0.000427. The van der Waals surface area contributed by atoms with E-state index in [9.17, 15) is 19.7 Å². The molecule has 0 aromatic heterocycles. The predicted molar refractivity (Wildman–Crippen MR) is 125 cm³/mol. The second-order valence-corrected chi connectivity index (χ2v) is 9.36. The lowest BCUT2D eigenvalue weighted by atomic mass is 9.98. The number of piperidine rings is 1. The summed E-state index contributed by atoms with van der Waals surface area (Å²) < 4.78 is 0. The molecule has 8 nitrogen and oxygen atoms in total. The molecule has 0 saturated carbocycles. The summed E-state index contributed by atoms with van der Waals surface area (Å²) in [7, 11) is 0. The van der Waals surface area contributed by atoms with Gasteiger partial charge in [-0.05, 0) is 69.9 Å². The van der Waals surface area contributed by atoms with Gasteiger partial charge in [0.2, 0.25) is 0 Å². The molecule has 1 heterocycles. The third-order valence-corrected chi connectivity index (χ3v) is 5.45. The molecular weight excluding hydrogens is 408 g/mol. The molecule has 0 aliphatic carbocycles. The van der Waals surface area contributed by atoms with Crippen molar-refractivity contribution >= 4 is 28.9 Å². The summed E-state index contributed by atoms with van der Waals surface area (Å²) in [6.45, 7) is 9.51. The number of hydrogen-bond acceptors (Lipinski definition) is 5. The third-order valence-electron chi connectivity index (χ3n) is 5.45. The van der Waals surface area contributed by atoms with Crippen LogP contribution in [0.5, 0.6) is 0 Å². The van der Waals surface area contributed by atoms with Gasteiger partial charge in [-0.2, -0.15) is 0 Å². The Morgan fingerprint density at radius 2 is 1.66 bits per heavy atom. The number of nitro benzene ring substituents is 1. The molecule has 1 aliphatic rings. The number of rotatable bonds is 5. The van der Waals surface area contributed by atoms with E-state index in [4.69, 9.17) is 0 Å². The van der Waals surface area contributed by atoms with Crippen molar-refractivity contribution < 1.29 is 14.5 Å². The van der Waals surface area contributed by atoms with E-state index in [-0.39, 0.29) is 22.7 Å². The van der Waals surface area contributed by atoms with Crippen molar-refractivity contribution in [2.24, 2.45) is 5.92 Å². The maximum absolute atomic E-state index is 13.1. The Morgan fingerprint density at radius 3 is 2.22 bits per heavy atom. The summed E-state index contributed by atoms with van der Waals surface area (Å²) in [6, 6.07) is 11.0. The van der Waals surface area contributed by atoms with Crippen LogP contribution >= 0.6 is 0 Å². The lowest BCUT2D eigenvalue weighted by molar-refractivity contribution is -0.384. The van der Waals surface area contributed by atoms with Crippen molar-refractivity contribution in [3.05, 3.63) is 63.7 Å². The number of non-ortho nitro benzene ring substituents is 1. The van der Waals surface area contributed by atoms with Crippen LogP contribution in [0.15, 0.2) is 42.5 Å². The maximum atomic E-state index is 13.1. The van der Waals surface area contributed by atoms with Gasteiger partial charge >= 0.3 is 0 Å². The molecule has 32 heavy (non-hydrogen) atoms. The van der Waals surface area contributed by atoms with Crippen LogP contribution in [-0.2, 0) is 0 Å². The van der Waals surface area contributed by atoms with Gasteiger partial charge in [0.05, 0.1) is 16.2 Å². The minimum absolute atomic E-state index is 0.126. The number of anilines is 2. The normalized spacial score (nSPS) is 14.7. The van der Waals surface area contributed by atoms with Crippen LogP contribution in [0.25, 0.3) is 0 Å². The molecule has 1 saturated heterocycles. The van der Waals surface area contributed by atoms with E-state index in [1.54, 1.807) is 30.3 Å². The Hall–Kier alpha value is -3.42. The Bertz CT molecular complexity index is 1000. The van der Waals surface area contributed by atoms with Gasteiger partial charge in [-0.1, -0.05) is 6.92 Å². The standard InChI is InChI=1S/C24H30N4O4/c1-16-11-13-27(14-12-16)21-10-9-19(28(31)32)15-20(21)23(30)25-18-7-5-17(6-8-18)22(29)26-24(2,3)4/h5-10,15-16H,11-14H2,1-4H3,(H,25,30)(H,26,29). The first kappa shape index (κ1) is 23.2. The molecule has 8 heteroatoms. The fraction of sp³-hybridized carbons (Fsp3) is 0.417. The molecule has 0 unspecified atom stereocenters. The van der Waals surface area contributed by atoms with Gasteiger partial charge in [0.25, 0.3) is 17.5 Å². The summed E-state index contributed by atoms with van der Waals surface area (Å²) >= 11 is 0. The highest BCUT2D eigenvalue weighted by Gasteiger charge is 2.24. The number of carbonyl (C=O) groups excluding carboxylic acids is 2. The van der Waals surface area contributed by atoms with Crippen LogP contribution < -0.4 is 15.5 Å². The first-order chi connectivity index (χ1) is 15.0. The quantitative estimate of drug-likeness (QED) is 0.524. The van der Waals surface area contributed by atoms with E-state index in [2.05, 4.69) is 22.5 Å². The molecular formula is C24H30N4O4. The van der Waals surface area contributed by atoms with Crippen molar-refractivity contribution in [3.8, 4) is 0 Å². The summed E-state index contributed by atoms with van der Waals surface area (Å²) in [5, 5.41) is 17.0. The highest BCUT2D eigenvalue weighted by Crippen LogP contribution is 2.30. The number of carbonyl (C=O) groups is 2. The molecule has 0 spiro atoms. The molecule has 0 radical (unpaired) electrons. The molecule has 170 valence electrons. The van der Waals surface area contributed by atoms with Crippen LogP contribution in [0, 0.1) is 16.0 Å². The largest absolute Gasteiger partial charge is 0.371 e. The molecule has 1 fully saturated rings. The van der Waals surface area contributed by atoms with Crippen molar-refractivity contribution in [1.29, 1.82) is 0 Å². The van der Waals surface area contributed by atoms with E-state index in [0.717, 1.165) is 25.9 Å². The van der Waals surface area contributed by atoms with Crippen LogP contribution in [0.3, 0.4) is 0 Å². The fourth-order valence-electron chi connectivity index (χ4n) is 3.66. The van der Waals surface area contributed by atoms with Gasteiger partial charge in [-0.15, -0.1) is 0 Å². The zero-order valence-electron chi connectivity index (χ0n) is 19.0. The van der Waals surface area contributed by atoms with Crippen LogP contribution in [0.1, 0.15) is 61.3 Å². The number of amides is 2. The minimum Gasteiger partial charge on any atom is -0.371 e. The highest BCUT2D eigenvalue weighted by atomic mass is 16.6. The maximum Gasteiger partial charge on any atom is 0.270 e. The molecule has 0 atom stereocenters. The molecule has 3 rings (SSSR count). The van der Waals surface area contributed by atoms with Crippen LogP contribution in [0.4, 0.5) is 17.1 Å². The van der Waals surface area contributed by atoms with Gasteiger partial charge in [-0.3, -0.25) is 19.7 Å². The van der Waals surface area contributed by atoms with Gasteiger partial charge < -0.3 is 15.5 Å². The van der Waals surface area contributed by atoms with Crippen LogP contribution in [0.2, 0.25) is 0 Å². The van der Waals surface area contributed by atoms with Gasteiger partial charge in [0, 0.05) is 42.0 Å². The number of benzene rings is 2. The molecule has 2 aromatic carbocycles. The van der Waals surface area contributed by atoms with Crippen LogP contribution in [-0.4, -0.2) is 35.4 Å². The number of nitrogens with zero attached hydrogens (tertiary/aromatic N) is 2. The van der Waals surface area contributed by atoms with Crippen molar-refractivity contribution in [1.82, 2.24) is 5.32 Å². The van der Waals surface area contributed by atoms with Crippen molar-refractivity contribution in [2.75, 3.05) is 23.3 Å². The lowest BCUT2D eigenvalue weighted by Gasteiger charge is -2.33. The van der Waals surface area contributed by atoms with Gasteiger partial charge in [-0.25, -0.2) is 0 Å². The summed E-state index contributed by atoms with van der Waals surface area (Å²) in [5.41, 5.74) is 1.47. The number of hydrogen-bond donors (Lipinski definition) is 2. The van der Waals surface area contributed by atoms with Gasteiger partial charge in [0.1, 0.15) is 0 Å². The molecule has 2 N–H and O–H groups in total. The van der Waals surface area contributed by atoms with E-state index < -0.39 is 10.8 Å². The minimum atomic E-state index is -0.499. The van der Waals surface area contributed by atoms with E-state index in [0.29, 0.717) is 22.9 Å². The Morgan fingerprint density at radius 1 is 1.03 bits per heavy atom. The van der Waals surface area contributed by atoms with Crippen molar-refractivity contribution in [2.45, 2.75) is 46.1 Å². The average Bonchev–Trinajstić information content (AvgIpc) is 2.73. The number of nitro groups is 1. The fourth-order valence-corrected chi connectivity index (χ4v) is 3.66. The molecule has 0 bridgehead atoms. The molecule has 2 aromatic rings. The van der Waals surface area contributed by atoms with E-state index in [1.807, 2.05) is 20.8 Å². The Balaban J connectivity index is 1.81. The zero-order chi connectivity index (χ0) is 23.5. The zero-order valence-corrected chi connectivity index (χ0v) is 19.0. The Kier molecular flexibility index (Phi) is 6.81. The second kappa shape index (κ2) is 9.38. The first-order valence-corrected chi connectivity index (χ1v) is 10.8. The Labute approximate surface area is 188 Å². The topological polar surface area (TPSA) is 105 Å². The molecule has 1 aliphatic heterocycles. The van der Waals surface area contributed by atoms with E-state index in [1.165, 1.54) is 12.1 Å². The first-order valence-electron chi connectivity index (χ1n) is 10.8. The molecule has 2 amide bonds. The second-order valence-electron chi connectivity index (χ2n) is 9.36. The smallest absolute Gasteiger partial charge is 0.270 e. The SMILES string of the molecule is CC1CCN(c2ccc([N+](=O)[O-])cc2C(=O)Nc2ccc(C(=O)NC(C)(C)C)cc2)CC1.